The molecular formula is C30H26N2O7S. The number of aromatic nitrogens is 1. The van der Waals surface area contributed by atoms with Crippen LogP contribution in [0.15, 0.2) is 76.9 Å². The van der Waals surface area contributed by atoms with Gasteiger partial charge in [0.1, 0.15) is 11.5 Å². The first-order valence-electron chi connectivity index (χ1n) is 12.5. The molecule has 1 N–H and O–H groups in total. The molecule has 0 radical (unpaired) electrons. The number of rotatable bonds is 9. The third-order valence-electron chi connectivity index (χ3n) is 6.62. The fourth-order valence-corrected chi connectivity index (χ4v) is 5.59. The van der Waals surface area contributed by atoms with Crippen LogP contribution in [0.1, 0.15) is 50.0 Å². The number of carbonyl (C=O) groups is 3. The Labute approximate surface area is 234 Å². The number of para-hydroxylation sites is 1. The van der Waals surface area contributed by atoms with E-state index < -0.39 is 29.5 Å². The van der Waals surface area contributed by atoms with Crippen LogP contribution < -0.4 is 9.64 Å². The number of Topliss-reactive ketones (excluding diaryl/α,β-unsaturated/α-hetero) is 1. The van der Waals surface area contributed by atoms with Crippen LogP contribution in [-0.2, 0) is 16.0 Å². The molecule has 204 valence electrons. The van der Waals surface area contributed by atoms with Gasteiger partial charge >= 0.3 is 5.97 Å². The quantitative estimate of drug-likeness (QED) is 0.153. The fraction of sp³-hybridized carbons (Fsp3) is 0.200. The van der Waals surface area contributed by atoms with Crippen LogP contribution in [0.25, 0.3) is 11.0 Å². The number of aliphatic hydroxyl groups excluding tert-OH is 1. The molecule has 0 fully saturated rings. The maximum absolute atomic E-state index is 13.9. The summed E-state index contributed by atoms with van der Waals surface area (Å²) in [5.41, 5.74) is 2.20. The van der Waals surface area contributed by atoms with Crippen molar-refractivity contribution >= 4 is 45.1 Å². The van der Waals surface area contributed by atoms with Crippen molar-refractivity contribution in [3.8, 4) is 5.75 Å². The van der Waals surface area contributed by atoms with Crippen LogP contribution in [0.3, 0.4) is 0 Å². The van der Waals surface area contributed by atoms with Crippen molar-refractivity contribution in [1.82, 2.24) is 4.98 Å². The normalized spacial score (nSPS) is 15.1. The second-order valence-electron chi connectivity index (χ2n) is 9.05. The number of thiazole rings is 1. The summed E-state index contributed by atoms with van der Waals surface area (Å²) in [6.45, 7) is 7.20. The van der Waals surface area contributed by atoms with E-state index in [0.717, 1.165) is 23.3 Å². The number of ether oxygens (including phenoxy) is 2. The molecule has 1 unspecified atom stereocenters. The number of methoxy groups -OCH3 is 1. The van der Waals surface area contributed by atoms with Gasteiger partial charge in [-0.1, -0.05) is 67.3 Å². The molecule has 0 aliphatic carbocycles. The molecule has 40 heavy (non-hydrogen) atoms. The van der Waals surface area contributed by atoms with Gasteiger partial charge in [-0.05, 0) is 36.6 Å². The van der Waals surface area contributed by atoms with Gasteiger partial charge in [0.2, 0.25) is 5.78 Å². The lowest BCUT2D eigenvalue weighted by Crippen LogP contribution is -2.31. The summed E-state index contributed by atoms with van der Waals surface area (Å²) in [4.78, 5) is 45.9. The van der Waals surface area contributed by atoms with Crippen molar-refractivity contribution in [2.45, 2.75) is 26.3 Å². The largest absolute Gasteiger partial charge is 0.503 e. The summed E-state index contributed by atoms with van der Waals surface area (Å²) in [5, 5.41) is 11.9. The zero-order valence-electron chi connectivity index (χ0n) is 22.1. The number of aliphatic hydroxyl groups is 1. The fourth-order valence-electron chi connectivity index (χ4n) is 4.60. The van der Waals surface area contributed by atoms with Crippen LogP contribution in [-0.4, -0.2) is 41.5 Å². The number of fused-ring (bicyclic) bond motifs is 1. The second-order valence-corrected chi connectivity index (χ2v) is 10.0. The molecule has 3 heterocycles. The van der Waals surface area contributed by atoms with Gasteiger partial charge in [0.25, 0.3) is 5.91 Å². The Kier molecular flexibility index (Phi) is 7.27. The summed E-state index contributed by atoms with van der Waals surface area (Å²) in [5.74, 6) is -2.42. The number of hydrogen-bond acceptors (Lipinski definition) is 9. The average Bonchev–Trinajstić information content (AvgIpc) is 3.65. The van der Waals surface area contributed by atoms with E-state index >= 15 is 0 Å². The van der Waals surface area contributed by atoms with Crippen molar-refractivity contribution < 1.29 is 33.4 Å². The van der Waals surface area contributed by atoms with E-state index in [1.165, 1.54) is 18.1 Å². The molecule has 0 saturated carbocycles. The van der Waals surface area contributed by atoms with Gasteiger partial charge in [-0.2, -0.15) is 0 Å². The molecule has 4 aromatic rings. The minimum Gasteiger partial charge on any atom is -0.503 e. The molecule has 1 amide bonds. The zero-order valence-corrected chi connectivity index (χ0v) is 22.9. The first kappa shape index (κ1) is 26.9. The van der Waals surface area contributed by atoms with Crippen molar-refractivity contribution in [3.63, 3.8) is 0 Å². The highest BCUT2D eigenvalue weighted by atomic mass is 32.1. The molecule has 0 spiro atoms. The molecule has 0 saturated heterocycles. The van der Waals surface area contributed by atoms with Crippen molar-refractivity contribution in [1.29, 1.82) is 0 Å². The minimum atomic E-state index is -1.02. The smallest absolute Gasteiger partial charge is 0.350 e. The predicted octanol–water partition coefficient (Wildman–Crippen LogP) is 5.89. The molecular weight excluding hydrogens is 532 g/mol. The monoisotopic (exact) mass is 558 g/mol. The lowest BCUT2D eigenvalue weighted by Gasteiger charge is -2.24. The maximum Gasteiger partial charge on any atom is 0.350 e. The van der Waals surface area contributed by atoms with Gasteiger partial charge in [0, 0.05) is 5.39 Å². The molecule has 1 aliphatic rings. The van der Waals surface area contributed by atoms with Gasteiger partial charge in [-0.25, -0.2) is 9.78 Å². The molecule has 1 aliphatic heterocycles. The highest BCUT2D eigenvalue weighted by Crippen LogP contribution is 2.44. The van der Waals surface area contributed by atoms with Gasteiger partial charge in [-0.15, -0.1) is 0 Å². The van der Waals surface area contributed by atoms with E-state index in [9.17, 15) is 19.5 Å². The highest BCUT2D eigenvalue weighted by molar-refractivity contribution is 7.17. The van der Waals surface area contributed by atoms with Crippen molar-refractivity contribution in [2.75, 3.05) is 18.6 Å². The van der Waals surface area contributed by atoms with Crippen molar-refractivity contribution in [3.05, 3.63) is 100.0 Å². The van der Waals surface area contributed by atoms with Gasteiger partial charge < -0.3 is 19.0 Å². The third kappa shape index (κ3) is 4.56. The number of anilines is 1. The Morgan fingerprint density at radius 1 is 1.23 bits per heavy atom. The molecule has 10 heteroatoms. The van der Waals surface area contributed by atoms with E-state index in [1.54, 1.807) is 43.3 Å². The van der Waals surface area contributed by atoms with Crippen LogP contribution in [0.2, 0.25) is 0 Å². The minimum absolute atomic E-state index is 0.0177. The van der Waals surface area contributed by atoms with Crippen LogP contribution >= 0.6 is 11.3 Å². The number of ketones is 1. The Bertz CT molecular complexity index is 1680. The molecule has 0 bridgehead atoms. The summed E-state index contributed by atoms with van der Waals surface area (Å²) in [6.07, 6.45) is 2.24. The van der Waals surface area contributed by atoms with Crippen molar-refractivity contribution in [2.24, 2.45) is 0 Å². The highest BCUT2D eigenvalue weighted by Gasteiger charge is 2.47. The Hall–Kier alpha value is -4.70. The third-order valence-corrected chi connectivity index (χ3v) is 7.75. The number of aryl methyl sites for hydroxylation is 2. The standard InChI is InChI=1S/C30H26N2O7S/c1-5-14-38-29(36)27-16(3)31-30(40-27)32-23(18-12-10-17(6-2)11-13-18)22(25(34)28(32)35)24(33)21-15-19-8-7-9-20(37-4)26(19)39-21/h5,7-13,15,23,34H,1,6,14H2,2-4H3. The van der Waals surface area contributed by atoms with E-state index in [0.29, 0.717) is 28.0 Å². The topological polar surface area (TPSA) is 119 Å². The van der Waals surface area contributed by atoms with E-state index in [1.807, 2.05) is 19.1 Å². The Morgan fingerprint density at radius 2 is 1.98 bits per heavy atom. The maximum atomic E-state index is 13.9. The molecule has 2 aromatic carbocycles. The number of benzene rings is 2. The number of esters is 1. The number of furan rings is 1. The van der Waals surface area contributed by atoms with Crippen LogP contribution in [0, 0.1) is 6.92 Å². The summed E-state index contributed by atoms with van der Waals surface area (Å²) in [6, 6.07) is 13.2. The summed E-state index contributed by atoms with van der Waals surface area (Å²) in [7, 11) is 1.49. The van der Waals surface area contributed by atoms with E-state index in [4.69, 9.17) is 13.9 Å². The first-order valence-corrected chi connectivity index (χ1v) is 13.3. The van der Waals surface area contributed by atoms with Gasteiger partial charge in [0.15, 0.2) is 28.0 Å². The molecule has 9 nitrogen and oxygen atoms in total. The number of nitrogens with zero attached hydrogens (tertiary/aromatic N) is 2. The molecule has 2 aromatic heterocycles. The van der Waals surface area contributed by atoms with E-state index in [2.05, 4.69) is 11.6 Å². The Balaban J connectivity index is 1.62. The van der Waals surface area contributed by atoms with Crippen LogP contribution in [0.4, 0.5) is 5.13 Å². The zero-order chi connectivity index (χ0) is 28.6. The summed E-state index contributed by atoms with van der Waals surface area (Å²) >= 11 is 0.942. The average molecular weight is 559 g/mol. The lowest BCUT2D eigenvalue weighted by atomic mass is 9.94. The SMILES string of the molecule is C=CCOC(=O)c1sc(N2C(=O)C(O)=C(C(=O)c3cc4cccc(OC)c4o3)C2c2ccc(CC)cc2)nc1C. The number of amides is 1. The van der Waals surface area contributed by atoms with Crippen LogP contribution in [0.5, 0.6) is 5.75 Å². The second kappa shape index (κ2) is 10.8. The molecule has 5 rings (SSSR count). The number of carbonyl (C=O) groups excluding carboxylic acids is 3. The lowest BCUT2D eigenvalue weighted by molar-refractivity contribution is -0.117. The predicted molar refractivity (Wildman–Crippen MR) is 150 cm³/mol. The molecule has 1 atom stereocenters. The number of hydrogen-bond donors (Lipinski definition) is 1. The van der Waals surface area contributed by atoms with Gasteiger partial charge in [-0.3, -0.25) is 14.5 Å². The summed E-state index contributed by atoms with van der Waals surface area (Å²) < 4.78 is 16.4. The first-order chi connectivity index (χ1) is 19.3. The Morgan fingerprint density at radius 3 is 2.65 bits per heavy atom. The van der Waals surface area contributed by atoms with Gasteiger partial charge in [0.05, 0.1) is 24.4 Å². The van der Waals surface area contributed by atoms with E-state index in [-0.39, 0.29) is 27.9 Å².